The second kappa shape index (κ2) is 6.96. The SMILES string of the molecule is O=Cc1ccccc1-c1cc(Cl)ccc1C#Cc1ccccc1. The normalized spacial score (nSPS) is 9.78. The molecule has 0 N–H and O–H groups in total. The number of aldehydes is 1. The van der Waals surface area contributed by atoms with Gasteiger partial charge in [-0.2, -0.15) is 0 Å². The summed E-state index contributed by atoms with van der Waals surface area (Å²) in [4.78, 5) is 11.3. The van der Waals surface area contributed by atoms with Crippen molar-refractivity contribution in [1.82, 2.24) is 0 Å². The van der Waals surface area contributed by atoms with Gasteiger partial charge in [0.1, 0.15) is 0 Å². The van der Waals surface area contributed by atoms with Crippen molar-refractivity contribution in [2.24, 2.45) is 0 Å². The molecular weight excluding hydrogens is 304 g/mol. The average Bonchev–Trinajstić information content (AvgIpc) is 2.61. The van der Waals surface area contributed by atoms with Gasteiger partial charge in [-0.3, -0.25) is 4.79 Å². The fraction of sp³-hybridized carbons (Fsp3) is 0. The lowest BCUT2D eigenvalue weighted by atomic mass is 9.96. The zero-order valence-corrected chi connectivity index (χ0v) is 13.0. The van der Waals surface area contributed by atoms with E-state index >= 15 is 0 Å². The summed E-state index contributed by atoms with van der Waals surface area (Å²) < 4.78 is 0. The van der Waals surface area contributed by atoms with E-state index in [1.54, 1.807) is 6.07 Å². The summed E-state index contributed by atoms with van der Waals surface area (Å²) in [5.41, 5.74) is 4.10. The van der Waals surface area contributed by atoms with Crippen LogP contribution in [0.15, 0.2) is 72.8 Å². The lowest BCUT2D eigenvalue weighted by Crippen LogP contribution is -1.90. The molecule has 0 bridgehead atoms. The number of halogens is 1. The van der Waals surface area contributed by atoms with Gasteiger partial charge < -0.3 is 0 Å². The maximum Gasteiger partial charge on any atom is 0.150 e. The predicted octanol–water partition coefficient (Wildman–Crippen LogP) is 5.22. The predicted molar refractivity (Wildman–Crippen MR) is 94.7 cm³/mol. The Labute approximate surface area is 140 Å². The summed E-state index contributed by atoms with van der Waals surface area (Å²) in [6, 6.07) is 22.8. The van der Waals surface area contributed by atoms with Gasteiger partial charge >= 0.3 is 0 Å². The molecule has 23 heavy (non-hydrogen) atoms. The number of benzene rings is 3. The Morgan fingerprint density at radius 3 is 2.30 bits per heavy atom. The van der Waals surface area contributed by atoms with Crippen LogP contribution in [0.1, 0.15) is 21.5 Å². The summed E-state index contributed by atoms with van der Waals surface area (Å²) in [6.45, 7) is 0. The van der Waals surface area contributed by atoms with Crippen molar-refractivity contribution < 1.29 is 4.79 Å². The van der Waals surface area contributed by atoms with Gasteiger partial charge in [-0.15, -0.1) is 0 Å². The third-order valence-corrected chi connectivity index (χ3v) is 3.71. The molecule has 0 atom stereocenters. The maximum absolute atomic E-state index is 11.3. The van der Waals surface area contributed by atoms with Gasteiger partial charge in [0.25, 0.3) is 0 Å². The molecule has 0 saturated carbocycles. The van der Waals surface area contributed by atoms with E-state index in [1.807, 2.05) is 66.7 Å². The zero-order chi connectivity index (χ0) is 16.1. The smallest absolute Gasteiger partial charge is 0.150 e. The number of rotatable bonds is 2. The van der Waals surface area contributed by atoms with Gasteiger partial charge in [-0.1, -0.05) is 65.9 Å². The van der Waals surface area contributed by atoms with Gasteiger partial charge in [0.15, 0.2) is 6.29 Å². The van der Waals surface area contributed by atoms with Crippen LogP contribution in [-0.2, 0) is 0 Å². The summed E-state index contributed by atoms with van der Waals surface area (Å²) in [7, 11) is 0. The standard InChI is InChI=1S/C21H13ClO/c22-19-13-12-17(11-10-16-6-2-1-3-7-16)21(14-19)20-9-5-4-8-18(20)15-23/h1-9,12-15H. The van der Waals surface area contributed by atoms with Crippen LogP contribution in [0.25, 0.3) is 11.1 Å². The highest BCUT2D eigenvalue weighted by Crippen LogP contribution is 2.28. The third-order valence-electron chi connectivity index (χ3n) is 3.47. The second-order valence-corrected chi connectivity index (χ2v) is 5.45. The van der Waals surface area contributed by atoms with Crippen molar-refractivity contribution in [3.8, 4) is 23.0 Å². The molecule has 0 aliphatic carbocycles. The number of carbonyl (C=O) groups excluding carboxylic acids is 1. The van der Waals surface area contributed by atoms with Crippen molar-refractivity contribution in [2.45, 2.75) is 0 Å². The van der Waals surface area contributed by atoms with Crippen molar-refractivity contribution in [1.29, 1.82) is 0 Å². The Bertz CT molecular complexity index is 902. The van der Waals surface area contributed by atoms with E-state index in [4.69, 9.17) is 11.6 Å². The molecule has 2 heteroatoms. The first-order valence-electron chi connectivity index (χ1n) is 7.19. The van der Waals surface area contributed by atoms with E-state index in [1.165, 1.54) is 0 Å². The van der Waals surface area contributed by atoms with Crippen molar-refractivity contribution in [3.05, 3.63) is 94.5 Å². The van der Waals surface area contributed by atoms with Gasteiger partial charge in [-0.25, -0.2) is 0 Å². The van der Waals surface area contributed by atoms with E-state index < -0.39 is 0 Å². The van der Waals surface area contributed by atoms with Crippen LogP contribution in [0.2, 0.25) is 5.02 Å². The second-order valence-electron chi connectivity index (χ2n) is 5.01. The highest BCUT2D eigenvalue weighted by molar-refractivity contribution is 6.31. The summed E-state index contributed by atoms with van der Waals surface area (Å²) in [5, 5.41) is 0.617. The average molecular weight is 317 g/mol. The van der Waals surface area contributed by atoms with Crippen LogP contribution in [0.5, 0.6) is 0 Å². The molecule has 1 nitrogen and oxygen atoms in total. The first kappa shape index (κ1) is 15.1. The van der Waals surface area contributed by atoms with E-state index in [0.717, 1.165) is 28.5 Å². The molecule has 0 spiro atoms. The molecule has 0 aliphatic rings. The summed E-state index contributed by atoms with van der Waals surface area (Å²) in [5.74, 6) is 6.33. The zero-order valence-electron chi connectivity index (χ0n) is 12.3. The summed E-state index contributed by atoms with van der Waals surface area (Å²) >= 11 is 6.14. The van der Waals surface area contributed by atoms with Gasteiger partial charge in [0, 0.05) is 21.7 Å². The Morgan fingerprint density at radius 1 is 0.783 bits per heavy atom. The minimum Gasteiger partial charge on any atom is -0.298 e. The molecule has 3 aromatic carbocycles. The topological polar surface area (TPSA) is 17.1 Å². The molecule has 0 aromatic heterocycles. The fourth-order valence-corrected chi connectivity index (χ4v) is 2.53. The van der Waals surface area contributed by atoms with Crippen molar-refractivity contribution >= 4 is 17.9 Å². The van der Waals surface area contributed by atoms with Crippen LogP contribution in [0.4, 0.5) is 0 Å². The molecule has 3 aromatic rings. The van der Waals surface area contributed by atoms with Crippen LogP contribution >= 0.6 is 11.6 Å². The first-order valence-corrected chi connectivity index (χ1v) is 7.57. The fourth-order valence-electron chi connectivity index (χ4n) is 2.35. The quantitative estimate of drug-likeness (QED) is 0.468. The maximum atomic E-state index is 11.3. The molecule has 0 fully saturated rings. The van der Waals surface area contributed by atoms with E-state index in [-0.39, 0.29) is 0 Å². The Balaban J connectivity index is 2.13. The summed E-state index contributed by atoms with van der Waals surface area (Å²) in [6.07, 6.45) is 0.852. The Morgan fingerprint density at radius 2 is 1.52 bits per heavy atom. The molecule has 0 amide bonds. The molecule has 3 rings (SSSR count). The minimum absolute atomic E-state index is 0.617. The molecule has 110 valence electrons. The molecule has 0 unspecified atom stereocenters. The van der Waals surface area contributed by atoms with Gasteiger partial charge in [-0.05, 0) is 41.5 Å². The third kappa shape index (κ3) is 3.51. The first-order chi connectivity index (χ1) is 11.3. The Kier molecular flexibility index (Phi) is 4.57. The van der Waals surface area contributed by atoms with Crippen LogP contribution < -0.4 is 0 Å². The lowest BCUT2D eigenvalue weighted by Gasteiger charge is -2.08. The number of hydrogen-bond acceptors (Lipinski definition) is 1. The molecule has 0 radical (unpaired) electrons. The highest BCUT2D eigenvalue weighted by atomic mass is 35.5. The monoisotopic (exact) mass is 316 g/mol. The molecule has 0 saturated heterocycles. The molecule has 0 heterocycles. The van der Waals surface area contributed by atoms with E-state index in [0.29, 0.717) is 10.6 Å². The van der Waals surface area contributed by atoms with E-state index in [9.17, 15) is 4.79 Å². The highest BCUT2D eigenvalue weighted by Gasteiger charge is 2.08. The van der Waals surface area contributed by atoms with Gasteiger partial charge in [0.2, 0.25) is 0 Å². The molecule has 0 aliphatic heterocycles. The largest absolute Gasteiger partial charge is 0.298 e. The Hall–Kier alpha value is -2.82. The van der Waals surface area contributed by atoms with Crippen molar-refractivity contribution in [2.75, 3.05) is 0 Å². The van der Waals surface area contributed by atoms with Crippen LogP contribution in [0.3, 0.4) is 0 Å². The van der Waals surface area contributed by atoms with E-state index in [2.05, 4.69) is 11.8 Å². The van der Waals surface area contributed by atoms with Crippen LogP contribution in [-0.4, -0.2) is 6.29 Å². The lowest BCUT2D eigenvalue weighted by molar-refractivity contribution is 0.112. The van der Waals surface area contributed by atoms with Crippen LogP contribution in [0, 0.1) is 11.8 Å². The molecular formula is C21H13ClO. The van der Waals surface area contributed by atoms with Gasteiger partial charge in [0.05, 0.1) is 0 Å². The van der Waals surface area contributed by atoms with Crippen molar-refractivity contribution in [3.63, 3.8) is 0 Å². The minimum atomic E-state index is 0.617. The number of carbonyl (C=O) groups is 1. The number of hydrogen-bond donors (Lipinski definition) is 0.